The first-order chi connectivity index (χ1) is 4.79. The van der Waals surface area contributed by atoms with Crippen LogP contribution in [0.5, 0.6) is 0 Å². The van der Waals surface area contributed by atoms with Crippen molar-refractivity contribution in [2.24, 2.45) is 0 Å². The Morgan fingerprint density at radius 2 is 2.40 bits per heavy atom. The molecule has 2 aliphatic heterocycles. The van der Waals surface area contributed by atoms with E-state index in [0.717, 1.165) is 19.8 Å². The minimum Gasteiger partial charge on any atom is -0.375 e. The highest BCUT2D eigenvalue weighted by Gasteiger charge is 2.40. The van der Waals surface area contributed by atoms with Gasteiger partial charge in [-0.3, -0.25) is 0 Å². The lowest BCUT2D eigenvalue weighted by molar-refractivity contribution is 0.0935. The monoisotopic (exact) mass is 162 g/mol. The Morgan fingerprint density at radius 1 is 1.70 bits per heavy atom. The topological polar surface area (TPSA) is 34.3 Å². The molecule has 0 spiro atoms. The molecule has 0 aliphatic carbocycles. The highest BCUT2D eigenvalue weighted by atomic mass is 31.0. The van der Waals surface area contributed by atoms with Crippen LogP contribution in [0.2, 0.25) is 0 Å². The first-order valence-electron chi connectivity index (χ1n) is 3.41. The lowest BCUT2D eigenvalue weighted by Crippen LogP contribution is -2.13. The zero-order valence-corrected chi connectivity index (χ0v) is 6.86. The molecule has 0 saturated carbocycles. The summed E-state index contributed by atoms with van der Waals surface area (Å²) in [5.41, 5.74) is 0. The van der Waals surface area contributed by atoms with Gasteiger partial charge in [-0.1, -0.05) is 9.24 Å². The van der Waals surface area contributed by atoms with Crippen LogP contribution in [0.1, 0.15) is 0 Å². The maximum Gasteiger partial charge on any atom is 0.128 e. The highest BCUT2D eigenvalue weighted by Crippen LogP contribution is 2.34. The molecule has 0 radical (unpaired) electrons. The first kappa shape index (κ1) is 6.99. The predicted octanol–water partition coefficient (Wildman–Crippen LogP) is 0.00340. The molecule has 2 rings (SSSR count). The van der Waals surface area contributed by atoms with E-state index in [1.54, 1.807) is 0 Å². The van der Waals surface area contributed by atoms with Gasteiger partial charge in [0.15, 0.2) is 0 Å². The van der Waals surface area contributed by atoms with Crippen LogP contribution >= 0.6 is 9.24 Å². The third-order valence-corrected chi connectivity index (χ3v) is 2.07. The van der Waals surface area contributed by atoms with E-state index in [1.807, 2.05) is 0 Å². The number of rotatable bonds is 4. The Hall–Kier alpha value is 0.310. The quantitative estimate of drug-likeness (QED) is 0.431. The Labute approximate surface area is 62.2 Å². The SMILES string of the molecule is PC1(COCC2CO2)CO1. The highest BCUT2D eigenvalue weighted by molar-refractivity contribution is 7.19. The van der Waals surface area contributed by atoms with Crippen molar-refractivity contribution < 1.29 is 14.2 Å². The van der Waals surface area contributed by atoms with Crippen molar-refractivity contribution in [2.75, 3.05) is 26.4 Å². The molecular formula is C6H11O3P. The molecule has 3 atom stereocenters. The minimum atomic E-state index is -0.0467. The third-order valence-electron chi connectivity index (χ3n) is 1.57. The van der Waals surface area contributed by atoms with Crippen LogP contribution in [0, 0.1) is 0 Å². The summed E-state index contributed by atoms with van der Waals surface area (Å²) in [6.45, 7) is 3.07. The smallest absolute Gasteiger partial charge is 0.128 e. The summed E-state index contributed by atoms with van der Waals surface area (Å²) >= 11 is 0. The summed E-state index contributed by atoms with van der Waals surface area (Å²) in [6.07, 6.45) is 0.368. The molecule has 2 heterocycles. The van der Waals surface area contributed by atoms with Crippen molar-refractivity contribution in [1.82, 2.24) is 0 Å². The van der Waals surface area contributed by atoms with E-state index < -0.39 is 0 Å². The van der Waals surface area contributed by atoms with E-state index >= 15 is 0 Å². The largest absolute Gasteiger partial charge is 0.375 e. The van der Waals surface area contributed by atoms with Crippen LogP contribution in [0.3, 0.4) is 0 Å². The van der Waals surface area contributed by atoms with E-state index in [2.05, 4.69) is 9.24 Å². The summed E-state index contributed by atoms with van der Waals surface area (Å²) in [4.78, 5) is 0. The maximum absolute atomic E-state index is 5.31. The maximum atomic E-state index is 5.31. The second kappa shape index (κ2) is 2.42. The van der Waals surface area contributed by atoms with Crippen molar-refractivity contribution in [3.8, 4) is 0 Å². The van der Waals surface area contributed by atoms with Gasteiger partial charge in [0.1, 0.15) is 11.4 Å². The average Bonchev–Trinajstić information content (AvgIpc) is 2.70. The Kier molecular flexibility index (Phi) is 1.69. The van der Waals surface area contributed by atoms with Crippen molar-refractivity contribution in [2.45, 2.75) is 11.4 Å². The van der Waals surface area contributed by atoms with Gasteiger partial charge < -0.3 is 14.2 Å². The van der Waals surface area contributed by atoms with Crippen molar-refractivity contribution in [1.29, 1.82) is 0 Å². The van der Waals surface area contributed by atoms with Gasteiger partial charge in [-0.2, -0.15) is 0 Å². The van der Waals surface area contributed by atoms with Crippen molar-refractivity contribution in [3.63, 3.8) is 0 Å². The Morgan fingerprint density at radius 3 is 2.90 bits per heavy atom. The summed E-state index contributed by atoms with van der Waals surface area (Å²) in [7, 11) is 2.64. The molecule has 0 aromatic carbocycles. The minimum absolute atomic E-state index is 0.0467. The van der Waals surface area contributed by atoms with Crippen molar-refractivity contribution >= 4 is 9.24 Å². The molecule has 58 valence electrons. The molecule has 2 aliphatic rings. The third kappa shape index (κ3) is 1.89. The lowest BCUT2D eigenvalue weighted by atomic mass is 10.5. The molecule has 10 heavy (non-hydrogen) atoms. The van der Waals surface area contributed by atoms with Crippen LogP contribution in [0.25, 0.3) is 0 Å². The summed E-state index contributed by atoms with van der Waals surface area (Å²) < 4.78 is 15.4. The molecule has 3 unspecified atom stereocenters. The molecule has 0 N–H and O–H groups in total. The van der Waals surface area contributed by atoms with Gasteiger partial charge in [-0.05, 0) is 0 Å². The zero-order chi connectivity index (χ0) is 7.03. The summed E-state index contributed by atoms with van der Waals surface area (Å²) in [6, 6.07) is 0. The lowest BCUT2D eigenvalue weighted by Gasteiger charge is -2.03. The van der Waals surface area contributed by atoms with E-state index in [9.17, 15) is 0 Å². The number of hydrogen-bond acceptors (Lipinski definition) is 3. The van der Waals surface area contributed by atoms with Gasteiger partial charge in [-0.15, -0.1) is 0 Å². The Bertz CT molecular complexity index is 131. The average molecular weight is 162 g/mol. The molecule has 0 amide bonds. The molecule has 0 bridgehead atoms. The fourth-order valence-corrected chi connectivity index (χ4v) is 0.905. The van der Waals surface area contributed by atoms with Gasteiger partial charge in [0.2, 0.25) is 0 Å². The zero-order valence-electron chi connectivity index (χ0n) is 5.71. The number of hydrogen-bond donors (Lipinski definition) is 0. The van der Waals surface area contributed by atoms with Crippen LogP contribution < -0.4 is 0 Å². The first-order valence-corrected chi connectivity index (χ1v) is 3.98. The molecule has 2 saturated heterocycles. The normalized spacial score (nSPS) is 43.5. The molecular weight excluding hydrogens is 151 g/mol. The summed E-state index contributed by atoms with van der Waals surface area (Å²) in [5.74, 6) is 0. The molecule has 0 aromatic rings. The van der Waals surface area contributed by atoms with Crippen molar-refractivity contribution in [3.05, 3.63) is 0 Å². The predicted molar refractivity (Wildman–Crippen MR) is 39.0 cm³/mol. The second-order valence-corrected chi connectivity index (χ2v) is 3.88. The number of epoxide rings is 2. The van der Waals surface area contributed by atoms with E-state index in [-0.39, 0.29) is 5.34 Å². The van der Waals surface area contributed by atoms with Gasteiger partial charge in [0.25, 0.3) is 0 Å². The van der Waals surface area contributed by atoms with Gasteiger partial charge >= 0.3 is 0 Å². The van der Waals surface area contributed by atoms with E-state index in [0.29, 0.717) is 12.7 Å². The number of ether oxygens (including phenoxy) is 3. The summed E-state index contributed by atoms with van der Waals surface area (Å²) in [5, 5.41) is -0.0467. The Balaban J connectivity index is 1.54. The van der Waals surface area contributed by atoms with E-state index in [4.69, 9.17) is 14.2 Å². The van der Waals surface area contributed by atoms with E-state index in [1.165, 1.54) is 0 Å². The molecule has 3 nitrogen and oxygen atoms in total. The fourth-order valence-electron chi connectivity index (χ4n) is 0.703. The van der Waals surface area contributed by atoms with Crippen LogP contribution in [-0.4, -0.2) is 37.9 Å². The van der Waals surface area contributed by atoms with Crippen LogP contribution in [0.4, 0.5) is 0 Å². The molecule has 2 fully saturated rings. The van der Waals surface area contributed by atoms with Gasteiger partial charge in [-0.25, -0.2) is 0 Å². The van der Waals surface area contributed by atoms with Gasteiger partial charge in [0.05, 0.1) is 26.4 Å². The van der Waals surface area contributed by atoms with Gasteiger partial charge in [0, 0.05) is 0 Å². The van der Waals surface area contributed by atoms with Crippen LogP contribution in [-0.2, 0) is 14.2 Å². The molecule has 0 aromatic heterocycles. The van der Waals surface area contributed by atoms with Crippen LogP contribution in [0.15, 0.2) is 0 Å². The standard InChI is InChI=1S/C6H11O3P/c10-6(4-9-6)3-7-1-5-2-8-5/h5H,1-4,10H2. The molecule has 4 heteroatoms. The fraction of sp³-hybridized carbons (Fsp3) is 1.00. The second-order valence-electron chi connectivity index (χ2n) is 2.82.